The molecule has 0 radical (unpaired) electrons. The molecular formula is C25H30F3N3O3S. The molecule has 0 bridgehead atoms. The van der Waals surface area contributed by atoms with Crippen LogP contribution in [0.2, 0.25) is 0 Å². The van der Waals surface area contributed by atoms with Crippen LogP contribution in [0.15, 0.2) is 48.5 Å². The van der Waals surface area contributed by atoms with Crippen molar-refractivity contribution >= 4 is 15.7 Å². The third-order valence-corrected chi connectivity index (χ3v) is 8.39. The summed E-state index contributed by atoms with van der Waals surface area (Å²) in [4.78, 5) is 0. The summed E-state index contributed by atoms with van der Waals surface area (Å²) < 4.78 is 74.2. The molecule has 2 aromatic carbocycles. The molecule has 10 heteroatoms. The van der Waals surface area contributed by atoms with Gasteiger partial charge < -0.3 is 15.4 Å². The first-order chi connectivity index (χ1) is 16.7. The monoisotopic (exact) mass is 509 g/mol. The quantitative estimate of drug-likeness (QED) is 0.492. The molecule has 1 aliphatic carbocycles. The van der Waals surface area contributed by atoms with E-state index in [9.17, 15) is 21.6 Å². The lowest BCUT2D eigenvalue weighted by molar-refractivity contribution is -0.138. The van der Waals surface area contributed by atoms with Crippen molar-refractivity contribution in [2.75, 3.05) is 24.2 Å². The van der Waals surface area contributed by atoms with Gasteiger partial charge in [0.25, 0.3) is 0 Å². The molecule has 190 valence electrons. The van der Waals surface area contributed by atoms with E-state index in [2.05, 4.69) is 15.4 Å². The molecule has 0 aromatic heterocycles. The maximum atomic E-state index is 13.5. The molecule has 2 aromatic rings. The van der Waals surface area contributed by atoms with Crippen LogP contribution in [0.3, 0.4) is 0 Å². The molecule has 2 aliphatic heterocycles. The first kappa shape index (κ1) is 24.5. The van der Waals surface area contributed by atoms with Crippen molar-refractivity contribution in [3.8, 4) is 0 Å². The zero-order valence-electron chi connectivity index (χ0n) is 19.2. The molecule has 0 amide bonds. The minimum Gasteiger partial charge on any atom is -0.378 e. The summed E-state index contributed by atoms with van der Waals surface area (Å²) >= 11 is 0. The maximum Gasteiger partial charge on any atom is 0.416 e. The predicted octanol–water partition coefficient (Wildman–Crippen LogP) is 4.38. The smallest absolute Gasteiger partial charge is 0.378 e. The van der Waals surface area contributed by atoms with Crippen LogP contribution < -0.4 is 15.4 Å². The van der Waals surface area contributed by atoms with Gasteiger partial charge in [-0.3, -0.25) is 0 Å². The van der Waals surface area contributed by atoms with E-state index in [0.29, 0.717) is 36.7 Å². The molecule has 35 heavy (non-hydrogen) atoms. The van der Waals surface area contributed by atoms with Crippen molar-refractivity contribution in [1.82, 2.24) is 10.0 Å². The second-order valence-electron chi connectivity index (χ2n) is 9.65. The molecule has 1 saturated heterocycles. The molecule has 5 rings (SSSR count). The van der Waals surface area contributed by atoms with Gasteiger partial charge in [-0.1, -0.05) is 30.3 Å². The lowest BCUT2D eigenvalue weighted by Gasteiger charge is -2.46. The molecular weight excluding hydrogens is 479 g/mol. The summed E-state index contributed by atoms with van der Waals surface area (Å²) in [6, 6.07) is 13.8. The van der Waals surface area contributed by atoms with E-state index < -0.39 is 34.0 Å². The summed E-state index contributed by atoms with van der Waals surface area (Å²) in [6.07, 6.45) is -1.96. The number of nitrogens with one attached hydrogen (secondary N) is 3. The highest BCUT2D eigenvalue weighted by molar-refractivity contribution is 7.89. The first-order valence-electron chi connectivity index (χ1n) is 12.1. The zero-order chi connectivity index (χ0) is 24.6. The molecule has 3 aliphatic rings. The average molecular weight is 510 g/mol. The number of ether oxygens (including phenoxy) is 1. The number of hydrogen-bond acceptors (Lipinski definition) is 5. The Balaban J connectivity index is 1.34. The maximum absolute atomic E-state index is 13.5. The summed E-state index contributed by atoms with van der Waals surface area (Å²) in [6.45, 7) is 0.501. The van der Waals surface area contributed by atoms with Crippen molar-refractivity contribution in [1.29, 1.82) is 0 Å². The largest absolute Gasteiger partial charge is 0.416 e. The van der Waals surface area contributed by atoms with Gasteiger partial charge in [-0.25, -0.2) is 13.1 Å². The molecule has 1 saturated carbocycles. The van der Waals surface area contributed by atoms with Gasteiger partial charge in [-0.15, -0.1) is 0 Å². The molecule has 3 N–H and O–H groups in total. The van der Waals surface area contributed by atoms with Gasteiger partial charge in [0.1, 0.15) is 0 Å². The lowest BCUT2D eigenvalue weighted by Crippen LogP contribution is -2.44. The molecule has 0 spiro atoms. The van der Waals surface area contributed by atoms with E-state index in [1.54, 1.807) is 0 Å². The normalized spacial score (nSPS) is 26.5. The average Bonchev–Trinajstić information content (AvgIpc) is 3.66. The second-order valence-corrected chi connectivity index (χ2v) is 11.6. The Bertz CT molecular complexity index is 1140. The highest BCUT2D eigenvalue weighted by atomic mass is 32.2. The third-order valence-electron chi connectivity index (χ3n) is 7.05. The molecule has 6 nitrogen and oxygen atoms in total. The molecule has 0 unspecified atom stereocenters. The fraction of sp³-hybridized carbons (Fsp3) is 0.520. The van der Waals surface area contributed by atoms with Gasteiger partial charge in [0.05, 0.1) is 29.6 Å². The van der Waals surface area contributed by atoms with E-state index in [1.165, 1.54) is 6.07 Å². The SMILES string of the molecule is O=S(=O)(CCNC1CC1)NC[C@H]1CC[C@@H]2[C@H](O1)c1cc(C(F)(F)F)ccc1N[C@H]2c1ccccc1. The van der Waals surface area contributed by atoms with Crippen LogP contribution in [0.1, 0.15) is 54.5 Å². The van der Waals surface area contributed by atoms with Crippen LogP contribution in [-0.2, 0) is 20.9 Å². The Labute approximate surface area is 203 Å². The van der Waals surface area contributed by atoms with Crippen LogP contribution in [-0.4, -0.2) is 39.4 Å². The highest BCUT2D eigenvalue weighted by Crippen LogP contribution is 2.51. The van der Waals surface area contributed by atoms with Crippen LogP contribution in [0.5, 0.6) is 0 Å². The van der Waals surface area contributed by atoms with E-state index in [0.717, 1.165) is 30.5 Å². The highest BCUT2D eigenvalue weighted by Gasteiger charge is 2.43. The Hall–Kier alpha value is -2.14. The third kappa shape index (κ3) is 5.82. The molecule has 2 fully saturated rings. The van der Waals surface area contributed by atoms with Crippen molar-refractivity contribution in [2.24, 2.45) is 5.92 Å². The predicted molar refractivity (Wildman–Crippen MR) is 127 cm³/mol. The Morgan fingerprint density at radius 1 is 1.03 bits per heavy atom. The summed E-state index contributed by atoms with van der Waals surface area (Å²) in [5, 5.41) is 6.62. The summed E-state index contributed by atoms with van der Waals surface area (Å²) in [5.41, 5.74) is 1.40. The van der Waals surface area contributed by atoms with Gasteiger partial charge in [0.15, 0.2) is 0 Å². The van der Waals surface area contributed by atoms with E-state index in [4.69, 9.17) is 4.74 Å². The van der Waals surface area contributed by atoms with Gasteiger partial charge in [0, 0.05) is 36.3 Å². The number of sulfonamides is 1. The van der Waals surface area contributed by atoms with Crippen LogP contribution in [0, 0.1) is 5.92 Å². The van der Waals surface area contributed by atoms with E-state index in [-0.39, 0.29) is 24.3 Å². The lowest BCUT2D eigenvalue weighted by atomic mass is 9.76. The Kier molecular flexibility index (Phi) is 6.82. The van der Waals surface area contributed by atoms with Crippen LogP contribution in [0.4, 0.5) is 18.9 Å². The minimum absolute atomic E-state index is 0.0138. The van der Waals surface area contributed by atoms with Crippen molar-refractivity contribution < 1.29 is 26.3 Å². The van der Waals surface area contributed by atoms with Gasteiger partial charge >= 0.3 is 6.18 Å². The second kappa shape index (κ2) is 9.72. The van der Waals surface area contributed by atoms with Gasteiger partial charge in [-0.2, -0.15) is 13.2 Å². The first-order valence-corrected chi connectivity index (χ1v) is 13.7. The summed E-state index contributed by atoms with van der Waals surface area (Å²) in [7, 11) is -3.47. The van der Waals surface area contributed by atoms with Gasteiger partial charge in [-0.05, 0) is 49.4 Å². The number of halogens is 3. The fourth-order valence-corrected chi connectivity index (χ4v) is 6.02. The number of anilines is 1. The number of alkyl halides is 3. The van der Waals surface area contributed by atoms with E-state index >= 15 is 0 Å². The van der Waals surface area contributed by atoms with Crippen LogP contribution >= 0.6 is 0 Å². The van der Waals surface area contributed by atoms with Crippen molar-refractivity contribution in [3.05, 3.63) is 65.2 Å². The zero-order valence-corrected chi connectivity index (χ0v) is 20.0. The fourth-order valence-electron chi connectivity index (χ4n) is 5.05. The topological polar surface area (TPSA) is 79.5 Å². The number of rotatable bonds is 8. The van der Waals surface area contributed by atoms with Crippen molar-refractivity contribution in [3.63, 3.8) is 0 Å². The molecule has 2 heterocycles. The Morgan fingerprint density at radius 2 is 1.80 bits per heavy atom. The number of benzene rings is 2. The van der Waals surface area contributed by atoms with Crippen LogP contribution in [0.25, 0.3) is 0 Å². The number of fused-ring (bicyclic) bond motifs is 3. The molecule has 4 atom stereocenters. The van der Waals surface area contributed by atoms with Gasteiger partial charge in [0.2, 0.25) is 10.0 Å². The Morgan fingerprint density at radius 3 is 2.51 bits per heavy atom. The standard InChI is InChI=1S/C25H30F3N3O3S/c26-25(27,28)17-6-11-22-21(14-17)24-20(23(31-22)16-4-2-1-3-5-16)10-9-19(34-24)15-30-35(32,33)13-12-29-18-7-8-18/h1-6,11,14,18-20,23-24,29-31H,7-10,12-13,15H2/t19-,20+,23+,24+/m1/s1. The number of hydrogen-bond donors (Lipinski definition) is 3. The van der Waals surface area contributed by atoms with Crippen molar-refractivity contribution in [2.45, 2.75) is 56.2 Å². The minimum atomic E-state index is -4.46. The van der Waals surface area contributed by atoms with E-state index in [1.807, 2.05) is 30.3 Å². The summed E-state index contributed by atoms with van der Waals surface area (Å²) in [5.74, 6) is -0.0935.